The molecule has 1 unspecified atom stereocenters. The molecule has 1 N–H and O–H groups in total. The highest BCUT2D eigenvalue weighted by Gasteiger charge is 2.40. The first-order valence-electron chi connectivity index (χ1n) is 10.8. The maximum absolute atomic E-state index is 13.5. The largest absolute Gasteiger partial charge is 0.321 e. The lowest BCUT2D eigenvalue weighted by atomic mass is 10.1. The van der Waals surface area contributed by atoms with Crippen molar-refractivity contribution in [2.24, 2.45) is 0 Å². The van der Waals surface area contributed by atoms with Crippen molar-refractivity contribution in [2.75, 3.05) is 10.2 Å². The molecule has 1 atom stereocenters. The first-order valence-corrected chi connectivity index (χ1v) is 12.4. The Labute approximate surface area is 218 Å². The molecule has 5 nitrogen and oxygen atoms in total. The predicted octanol–water partition coefficient (Wildman–Crippen LogP) is 6.68. The summed E-state index contributed by atoms with van der Waals surface area (Å²) in [4.78, 5) is 28.1. The highest BCUT2D eigenvalue weighted by Crippen LogP contribution is 2.42. The second kappa shape index (κ2) is 10.6. The van der Waals surface area contributed by atoms with E-state index in [0.29, 0.717) is 32.9 Å². The summed E-state index contributed by atoms with van der Waals surface area (Å²) in [6, 6.07) is 21.8. The number of thioether (sulfide) groups is 1. The molecule has 0 aliphatic carbocycles. The molecule has 1 heterocycles. The first kappa shape index (κ1) is 24.9. The molecule has 1 saturated heterocycles. The SMILES string of the molecule is Cc1ccc(CC2S/C(=C(/C#N)C(=O)Nc3ccc(C)c(Cl)c3)N(c3ccccc3)C2=O)cc1Cl. The number of hydrogen-bond donors (Lipinski definition) is 1. The van der Waals surface area contributed by atoms with Gasteiger partial charge in [-0.2, -0.15) is 5.26 Å². The van der Waals surface area contributed by atoms with E-state index in [1.165, 1.54) is 16.7 Å². The number of para-hydroxylation sites is 1. The monoisotopic (exact) mass is 521 g/mol. The molecule has 8 heteroatoms. The van der Waals surface area contributed by atoms with Crippen molar-refractivity contribution in [3.8, 4) is 6.07 Å². The second-order valence-electron chi connectivity index (χ2n) is 8.11. The van der Waals surface area contributed by atoms with Gasteiger partial charge in [0.1, 0.15) is 16.7 Å². The molecule has 0 bridgehead atoms. The number of rotatable bonds is 5. The molecule has 0 aromatic heterocycles. The molecule has 0 radical (unpaired) electrons. The lowest BCUT2D eigenvalue weighted by Crippen LogP contribution is -2.30. The fraction of sp³-hybridized carbons (Fsp3) is 0.148. The number of nitrogens with zero attached hydrogens (tertiary/aromatic N) is 2. The fourth-order valence-corrected chi connectivity index (χ4v) is 5.33. The Morgan fingerprint density at radius 3 is 2.31 bits per heavy atom. The van der Waals surface area contributed by atoms with E-state index in [2.05, 4.69) is 5.32 Å². The smallest absolute Gasteiger partial charge is 0.269 e. The van der Waals surface area contributed by atoms with Gasteiger partial charge in [0.05, 0.1) is 5.25 Å². The number of aryl methyl sites for hydroxylation is 2. The van der Waals surface area contributed by atoms with Crippen LogP contribution in [0.15, 0.2) is 77.3 Å². The van der Waals surface area contributed by atoms with Crippen molar-refractivity contribution in [3.05, 3.63) is 104 Å². The van der Waals surface area contributed by atoms with Crippen LogP contribution in [0.4, 0.5) is 11.4 Å². The summed E-state index contributed by atoms with van der Waals surface area (Å²) < 4.78 is 0. The van der Waals surface area contributed by atoms with Crippen LogP contribution >= 0.6 is 35.0 Å². The van der Waals surface area contributed by atoms with Gasteiger partial charge in [0.15, 0.2) is 0 Å². The van der Waals surface area contributed by atoms with Crippen LogP contribution < -0.4 is 10.2 Å². The van der Waals surface area contributed by atoms with Gasteiger partial charge >= 0.3 is 0 Å². The number of nitrogens with one attached hydrogen (secondary N) is 1. The zero-order valence-corrected chi connectivity index (χ0v) is 21.3. The number of carbonyl (C=O) groups excluding carboxylic acids is 2. The molecule has 1 fully saturated rings. The van der Waals surface area contributed by atoms with Crippen LogP contribution in [0.25, 0.3) is 0 Å². The van der Waals surface area contributed by atoms with Gasteiger partial charge in [-0.3, -0.25) is 14.5 Å². The van der Waals surface area contributed by atoms with E-state index in [4.69, 9.17) is 23.2 Å². The lowest BCUT2D eigenvalue weighted by molar-refractivity contribution is -0.117. The van der Waals surface area contributed by atoms with Crippen molar-refractivity contribution in [1.82, 2.24) is 0 Å². The predicted molar refractivity (Wildman–Crippen MR) is 143 cm³/mol. The number of halogens is 2. The summed E-state index contributed by atoms with van der Waals surface area (Å²) in [6.45, 7) is 3.77. The van der Waals surface area contributed by atoms with Crippen molar-refractivity contribution in [2.45, 2.75) is 25.5 Å². The Balaban J connectivity index is 1.71. The van der Waals surface area contributed by atoms with Gasteiger partial charge in [-0.15, -0.1) is 0 Å². The summed E-state index contributed by atoms with van der Waals surface area (Å²) in [5, 5.41) is 13.6. The fourth-order valence-electron chi connectivity index (χ4n) is 3.64. The van der Waals surface area contributed by atoms with Crippen LogP contribution in [0.2, 0.25) is 10.0 Å². The van der Waals surface area contributed by atoms with Gasteiger partial charge < -0.3 is 5.32 Å². The summed E-state index contributed by atoms with van der Waals surface area (Å²) in [6.07, 6.45) is 0.407. The van der Waals surface area contributed by atoms with Crippen molar-refractivity contribution in [3.63, 3.8) is 0 Å². The molecule has 3 aromatic carbocycles. The Bertz CT molecular complexity index is 1380. The van der Waals surface area contributed by atoms with Crippen molar-refractivity contribution in [1.29, 1.82) is 5.26 Å². The summed E-state index contributed by atoms with van der Waals surface area (Å²) in [5.41, 5.74) is 3.63. The highest BCUT2D eigenvalue weighted by atomic mass is 35.5. The average Bonchev–Trinajstić information content (AvgIpc) is 3.15. The van der Waals surface area contributed by atoms with E-state index in [0.717, 1.165) is 16.7 Å². The molecular weight excluding hydrogens is 501 g/mol. The molecule has 4 rings (SSSR count). The van der Waals surface area contributed by atoms with E-state index in [9.17, 15) is 14.9 Å². The van der Waals surface area contributed by atoms with Gasteiger partial charge in [0, 0.05) is 21.4 Å². The zero-order chi connectivity index (χ0) is 25.1. The maximum atomic E-state index is 13.5. The Morgan fingerprint density at radius 1 is 1.03 bits per heavy atom. The third-order valence-corrected chi connectivity index (χ3v) is 7.68. The topological polar surface area (TPSA) is 73.2 Å². The summed E-state index contributed by atoms with van der Waals surface area (Å²) in [7, 11) is 0. The number of nitriles is 1. The van der Waals surface area contributed by atoms with Crippen molar-refractivity contribution < 1.29 is 9.59 Å². The van der Waals surface area contributed by atoms with E-state index in [1.54, 1.807) is 42.5 Å². The summed E-state index contributed by atoms with van der Waals surface area (Å²) >= 11 is 13.7. The molecule has 0 spiro atoms. The Kier molecular flexibility index (Phi) is 7.51. The molecule has 0 saturated carbocycles. The zero-order valence-electron chi connectivity index (χ0n) is 19.0. The third kappa shape index (κ3) is 5.38. The number of carbonyl (C=O) groups is 2. The maximum Gasteiger partial charge on any atom is 0.269 e. The van der Waals surface area contributed by atoms with Gasteiger partial charge in [0.25, 0.3) is 5.91 Å². The number of hydrogen-bond acceptors (Lipinski definition) is 4. The minimum Gasteiger partial charge on any atom is -0.321 e. The van der Waals surface area contributed by atoms with Gasteiger partial charge in [-0.25, -0.2) is 0 Å². The van der Waals surface area contributed by atoms with Crippen LogP contribution in [0.1, 0.15) is 16.7 Å². The van der Waals surface area contributed by atoms with Gasteiger partial charge in [-0.1, -0.05) is 71.4 Å². The standard InChI is InChI=1S/C27H21Cl2N3O2S/c1-16-8-10-18(12-22(16)28)13-24-26(34)32(20-6-4-3-5-7-20)27(35-24)21(15-30)25(33)31-19-11-9-17(2)23(29)14-19/h3-12,14,24H,13H2,1-2H3,(H,31,33)/b27-21-. The molecular formula is C27H21Cl2N3O2S. The Morgan fingerprint density at radius 2 is 1.69 bits per heavy atom. The lowest BCUT2D eigenvalue weighted by Gasteiger charge is -2.18. The third-order valence-electron chi connectivity index (χ3n) is 5.61. The molecule has 35 heavy (non-hydrogen) atoms. The minimum atomic E-state index is -0.609. The van der Waals surface area contributed by atoms with Gasteiger partial charge in [-0.05, 0) is 67.3 Å². The molecule has 176 valence electrons. The Hall–Kier alpha value is -3.24. The number of amides is 2. The van der Waals surface area contributed by atoms with Gasteiger partial charge in [0.2, 0.25) is 5.91 Å². The normalized spacial score (nSPS) is 16.7. The molecule has 2 amide bonds. The second-order valence-corrected chi connectivity index (χ2v) is 10.1. The molecule has 3 aromatic rings. The van der Waals surface area contributed by atoms with Crippen LogP contribution in [-0.4, -0.2) is 17.1 Å². The minimum absolute atomic E-state index is 0.145. The van der Waals surface area contributed by atoms with Crippen LogP contribution in [-0.2, 0) is 16.0 Å². The molecule has 1 aliphatic heterocycles. The van der Waals surface area contributed by atoms with Crippen LogP contribution in [0.5, 0.6) is 0 Å². The first-order chi connectivity index (χ1) is 16.8. The number of benzene rings is 3. The van der Waals surface area contributed by atoms with Crippen LogP contribution in [0.3, 0.4) is 0 Å². The van der Waals surface area contributed by atoms with Crippen molar-refractivity contribution >= 4 is 58.2 Å². The number of anilines is 2. The quantitative estimate of drug-likeness (QED) is 0.300. The van der Waals surface area contributed by atoms with E-state index >= 15 is 0 Å². The average molecular weight is 522 g/mol. The highest BCUT2D eigenvalue weighted by molar-refractivity contribution is 8.05. The van der Waals surface area contributed by atoms with Crippen LogP contribution in [0, 0.1) is 25.2 Å². The van der Waals surface area contributed by atoms with E-state index in [1.807, 2.05) is 44.2 Å². The van der Waals surface area contributed by atoms with E-state index < -0.39 is 11.2 Å². The molecule has 1 aliphatic rings. The summed E-state index contributed by atoms with van der Waals surface area (Å²) in [5.74, 6) is -0.811. The van der Waals surface area contributed by atoms with E-state index in [-0.39, 0.29) is 11.5 Å².